The summed E-state index contributed by atoms with van der Waals surface area (Å²) >= 11 is 0. The number of piperidine rings is 1. The third-order valence-corrected chi connectivity index (χ3v) is 5.60. The molecule has 0 atom stereocenters. The molecule has 0 radical (unpaired) electrons. The summed E-state index contributed by atoms with van der Waals surface area (Å²) in [6.07, 6.45) is 0.584. The molecule has 9 heteroatoms. The fraction of sp³-hybridized carbons (Fsp3) is 0.400. The van der Waals surface area contributed by atoms with Gasteiger partial charge in [0.25, 0.3) is 5.91 Å². The van der Waals surface area contributed by atoms with Gasteiger partial charge in [0.1, 0.15) is 11.4 Å². The maximum Gasteiger partial charge on any atom is 0.410 e. The van der Waals surface area contributed by atoms with E-state index in [0.29, 0.717) is 31.6 Å². The number of amides is 3. The van der Waals surface area contributed by atoms with Gasteiger partial charge in [0, 0.05) is 35.8 Å². The van der Waals surface area contributed by atoms with Gasteiger partial charge in [-0.05, 0) is 57.9 Å². The van der Waals surface area contributed by atoms with Crippen molar-refractivity contribution in [2.75, 3.05) is 18.0 Å². The van der Waals surface area contributed by atoms with Gasteiger partial charge in [-0.25, -0.2) is 15.0 Å². The first-order chi connectivity index (χ1) is 16.1. The first-order valence-corrected chi connectivity index (χ1v) is 11.2. The third kappa shape index (κ3) is 6.32. The number of carbonyl (C=O) groups is 3. The maximum atomic E-state index is 14.8. The van der Waals surface area contributed by atoms with Crippen LogP contribution in [0.1, 0.15) is 49.5 Å². The number of nitrogens with zero attached hydrogens (tertiary/aromatic N) is 2. The van der Waals surface area contributed by atoms with E-state index in [9.17, 15) is 18.8 Å². The smallest absolute Gasteiger partial charge is 0.410 e. The molecule has 1 saturated heterocycles. The fourth-order valence-electron chi connectivity index (χ4n) is 3.83. The Hall–Kier alpha value is -3.46. The predicted molar refractivity (Wildman–Crippen MR) is 126 cm³/mol. The number of ether oxygens (including phenoxy) is 1. The van der Waals surface area contributed by atoms with Crippen LogP contribution in [0.2, 0.25) is 0 Å². The maximum absolute atomic E-state index is 14.8. The van der Waals surface area contributed by atoms with Gasteiger partial charge in [0.15, 0.2) is 0 Å². The zero-order valence-electron chi connectivity index (χ0n) is 19.7. The van der Waals surface area contributed by atoms with Gasteiger partial charge in [0.2, 0.25) is 5.91 Å². The highest BCUT2D eigenvalue weighted by molar-refractivity contribution is 5.95. The van der Waals surface area contributed by atoms with Crippen LogP contribution in [0.25, 0.3) is 0 Å². The van der Waals surface area contributed by atoms with Crippen molar-refractivity contribution in [3.05, 3.63) is 65.5 Å². The normalized spacial score (nSPS) is 14.4. The second-order valence-electron chi connectivity index (χ2n) is 9.28. The van der Waals surface area contributed by atoms with Gasteiger partial charge >= 0.3 is 6.09 Å². The first kappa shape index (κ1) is 25.2. The number of nitrogens with two attached hydrogens (primary N) is 1. The Labute approximate surface area is 198 Å². The Morgan fingerprint density at radius 2 is 1.76 bits per heavy atom. The number of carbonyl (C=O) groups excluding carboxylic acids is 3. The highest BCUT2D eigenvalue weighted by Crippen LogP contribution is 2.27. The number of hydrazine groups is 1. The van der Waals surface area contributed by atoms with Gasteiger partial charge in [-0.15, -0.1) is 0 Å². The lowest BCUT2D eigenvalue weighted by Gasteiger charge is -2.35. The zero-order chi connectivity index (χ0) is 24.9. The van der Waals surface area contributed by atoms with Gasteiger partial charge in [-0.2, -0.15) is 0 Å². The van der Waals surface area contributed by atoms with Crippen LogP contribution < -0.4 is 16.2 Å². The Morgan fingerprint density at radius 3 is 2.32 bits per heavy atom. The van der Waals surface area contributed by atoms with Crippen molar-refractivity contribution in [3.63, 3.8) is 0 Å². The topological polar surface area (TPSA) is 105 Å². The average molecular weight is 471 g/mol. The van der Waals surface area contributed by atoms with Crippen LogP contribution in [0.3, 0.4) is 0 Å². The van der Waals surface area contributed by atoms with Crippen molar-refractivity contribution >= 4 is 23.6 Å². The Bertz CT molecular complexity index is 1030. The van der Waals surface area contributed by atoms with Crippen molar-refractivity contribution in [1.82, 2.24) is 10.3 Å². The van der Waals surface area contributed by atoms with E-state index in [4.69, 9.17) is 10.6 Å². The molecule has 0 saturated carbocycles. The van der Waals surface area contributed by atoms with Gasteiger partial charge in [0.05, 0.1) is 6.54 Å². The summed E-state index contributed by atoms with van der Waals surface area (Å²) in [6, 6.07) is 13.1. The van der Waals surface area contributed by atoms with Crippen LogP contribution in [-0.4, -0.2) is 41.5 Å². The lowest BCUT2D eigenvalue weighted by molar-refractivity contribution is -0.124. The molecule has 1 fully saturated rings. The minimum absolute atomic E-state index is 0.00544. The monoisotopic (exact) mass is 470 g/mol. The molecule has 0 aromatic heterocycles. The number of halogens is 1. The molecule has 0 bridgehead atoms. The van der Waals surface area contributed by atoms with E-state index in [1.807, 2.05) is 44.4 Å². The minimum atomic E-state index is -0.602. The molecule has 0 aliphatic carbocycles. The van der Waals surface area contributed by atoms with Crippen molar-refractivity contribution in [1.29, 1.82) is 0 Å². The molecule has 182 valence electrons. The number of para-hydroxylation sites is 1. The van der Waals surface area contributed by atoms with Crippen LogP contribution in [0, 0.1) is 11.7 Å². The molecule has 8 nitrogen and oxygen atoms in total. The minimum Gasteiger partial charge on any atom is -0.444 e. The molecule has 2 aromatic carbocycles. The van der Waals surface area contributed by atoms with Crippen LogP contribution in [-0.2, 0) is 16.1 Å². The summed E-state index contributed by atoms with van der Waals surface area (Å²) in [7, 11) is 0. The molecule has 0 unspecified atom stereocenters. The molecule has 3 rings (SSSR count). The molecule has 1 aliphatic rings. The van der Waals surface area contributed by atoms with E-state index in [0.717, 1.165) is 6.07 Å². The second-order valence-corrected chi connectivity index (χ2v) is 9.28. The number of hydrogen-bond donors (Lipinski definition) is 2. The van der Waals surface area contributed by atoms with E-state index in [1.54, 1.807) is 21.9 Å². The van der Waals surface area contributed by atoms with E-state index in [1.165, 1.54) is 12.1 Å². The molecule has 1 heterocycles. The van der Waals surface area contributed by atoms with Gasteiger partial charge in [-0.3, -0.25) is 15.0 Å². The standard InChI is InChI=1S/C25H31FN4O4/c1-25(2,3)34-24(33)29-13-11-17(12-14-29)23(32)30(20-7-5-4-6-8-20)16-19-10-9-18(15-21(19)26)22(31)28-27/h4-10,15,17H,11-14,16,27H2,1-3H3,(H,28,31). The summed E-state index contributed by atoms with van der Waals surface area (Å²) in [5, 5.41) is 0. The number of likely N-dealkylation sites (tertiary alicyclic amines) is 1. The quantitative estimate of drug-likeness (QED) is 0.395. The van der Waals surface area contributed by atoms with E-state index in [-0.39, 0.29) is 35.6 Å². The summed E-state index contributed by atoms with van der Waals surface area (Å²) in [4.78, 5) is 40.7. The molecule has 0 spiro atoms. The van der Waals surface area contributed by atoms with Gasteiger partial charge in [-0.1, -0.05) is 24.3 Å². The second kappa shape index (κ2) is 10.6. The summed E-state index contributed by atoms with van der Waals surface area (Å²) in [6.45, 7) is 6.26. The number of anilines is 1. The Morgan fingerprint density at radius 1 is 1.12 bits per heavy atom. The largest absolute Gasteiger partial charge is 0.444 e. The number of rotatable bonds is 5. The van der Waals surface area contributed by atoms with Crippen molar-refractivity contribution in [2.24, 2.45) is 11.8 Å². The number of benzene rings is 2. The van der Waals surface area contributed by atoms with E-state index >= 15 is 0 Å². The van der Waals surface area contributed by atoms with Crippen LogP contribution in [0.5, 0.6) is 0 Å². The third-order valence-electron chi connectivity index (χ3n) is 5.60. The number of nitrogens with one attached hydrogen (secondary N) is 1. The lowest BCUT2D eigenvalue weighted by atomic mass is 9.94. The average Bonchev–Trinajstić information content (AvgIpc) is 2.82. The molecule has 3 N–H and O–H groups in total. The molecular formula is C25H31FN4O4. The van der Waals surface area contributed by atoms with Crippen molar-refractivity contribution < 1.29 is 23.5 Å². The van der Waals surface area contributed by atoms with Crippen molar-refractivity contribution in [2.45, 2.75) is 45.8 Å². The van der Waals surface area contributed by atoms with Crippen molar-refractivity contribution in [3.8, 4) is 0 Å². The highest BCUT2D eigenvalue weighted by atomic mass is 19.1. The van der Waals surface area contributed by atoms with E-state index < -0.39 is 17.3 Å². The number of nitrogen functional groups attached to an aromatic ring is 1. The fourth-order valence-corrected chi connectivity index (χ4v) is 3.83. The molecule has 3 amide bonds. The molecule has 34 heavy (non-hydrogen) atoms. The molecule has 2 aromatic rings. The molecular weight excluding hydrogens is 439 g/mol. The Kier molecular flexibility index (Phi) is 7.88. The lowest BCUT2D eigenvalue weighted by Crippen LogP contribution is -2.45. The zero-order valence-corrected chi connectivity index (χ0v) is 19.7. The molecule has 1 aliphatic heterocycles. The first-order valence-electron chi connectivity index (χ1n) is 11.2. The van der Waals surface area contributed by atoms with E-state index in [2.05, 4.69) is 0 Å². The highest BCUT2D eigenvalue weighted by Gasteiger charge is 2.33. The predicted octanol–water partition coefficient (Wildman–Crippen LogP) is 3.61. The SMILES string of the molecule is CC(C)(C)OC(=O)N1CCC(C(=O)N(Cc2ccc(C(=O)NN)cc2F)c2ccccc2)CC1. The summed E-state index contributed by atoms with van der Waals surface area (Å²) < 4.78 is 20.2. The van der Waals surface area contributed by atoms with Crippen LogP contribution in [0.4, 0.5) is 14.9 Å². The van der Waals surface area contributed by atoms with Crippen LogP contribution >= 0.6 is 0 Å². The number of hydrogen-bond acceptors (Lipinski definition) is 5. The summed E-state index contributed by atoms with van der Waals surface area (Å²) in [5.41, 5.74) is 2.40. The van der Waals surface area contributed by atoms with Gasteiger partial charge < -0.3 is 14.5 Å². The van der Waals surface area contributed by atoms with Crippen LogP contribution in [0.15, 0.2) is 48.5 Å². The Balaban J connectivity index is 1.75. The summed E-state index contributed by atoms with van der Waals surface area (Å²) in [5.74, 6) is 3.47.